The van der Waals surface area contributed by atoms with E-state index in [1.54, 1.807) is 17.7 Å². The first-order chi connectivity index (χ1) is 5.22. The number of rotatable bonds is 1. The maximum absolute atomic E-state index is 9.01. The fraction of sp³-hybridized carbons (Fsp3) is 0.625. The lowest BCUT2D eigenvalue weighted by molar-refractivity contribution is 0.185. The third-order valence-corrected chi connectivity index (χ3v) is 1.23. The molecule has 0 aliphatic carbocycles. The van der Waals surface area contributed by atoms with E-state index >= 15 is 0 Å². The molecular formula is C8H16N2O. The molecule has 3 nitrogen and oxygen atoms in total. The van der Waals surface area contributed by atoms with Crippen LogP contribution in [0.5, 0.6) is 0 Å². The van der Waals surface area contributed by atoms with Crippen LogP contribution in [0.1, 0.15) is 32.7 Å². The van der Waals surface area contributed by atoms with Gasteiger partial charge in [0.2, 0.25) is 0 Å². The highest BCUT2D eigenvalue weighted by molar-refractivity contribution is 4.93. The molecule has 1 heterocycles. The first kappa shape index (κ1) is 10.2. The van der Waals surface area contributed by atoms with Crippen molar-refractivity contribution in [1.29, 1.82) is 0 Å². The molecule has 1 atom stereocenters. The van der Waals surface area contributed by atoms with Crippen molar-refractivity contribution in [3.8, 4) is 0 Å². The van der Waals surface area contributed by atoms with Crippen LogP contribution in [0.25, 0.3) is 0 Å². The second kappa shape index (κ2) is 4.91. The van der Waals surface area contributed by atoms with E-state index < -0.39 is 6.10 Å². The summed E-state index contributed by atoms with van der Waals surface area (Å²) in [7, 11) is 1.86. The van der Waals surface area contributed by atoms with Crippen LogP contribution in [-0.2, 0) is 7.05 Å². The first-order valence-corrected chi connectivity index (χ1v) is 3.87. The predicted octanol–water partition coefficient (Wildman–Crippen LogP) is 1.50. The molecule has 0 bridgehead atoms. The predicted molar refractivity (Wildman–Crippen MR) is 45.2 cm³/mol. The van der Waals surface area contributed by atoms with Crippen molar-refractivity contribution in [2.24, 2.45) is 7.05 Å². The van der Waals surface area contributed by atoms with Gasteiger partial charge in [-0.3, -0.25) is 0 Å². The highest BCUT2D eigenvalue weighted by Crippen LogP contribution is 2.05. The SMILES string of the molecule is CC.CC(O)c1nccn1C. The maximum Gasteiger partial charge on any atom is 0.137 e. The van der Waals surface area contributed by atoms with Gasteiger partial charge in [0.1, 0.15) is 11.9 Å². The molecule has 1 aromatic rings. The van der Waals surface area contributed by atoms with Gasteiger partial charge in [-0.2, -0.15) is 0 Å². The molecule has 64 valence electrons. The third-order valence-electron chi connectivity index (χ3n) is 1.23. The number of hydrogen-bond donors (Lipinski definition) is 1. The average molecular weight is 156 g/mol. The topological polar surface area (TPSA) is 38.1 Å². The standard InChI is InChI=1S/C6H10N2O.C2H6/c1-5(9)6-7-3-4-8(6)2;1-2/h3-5,9H,1-2H3;1-2H3. The molecule has 11 heavy (non-hydrogen) atoms. The Balaban J connectivity index is 0.000000461. The minimum Gasteiger partial charge on any atom is -0.385 e. The van der Waals surface area contributed by atoms with E-state index in [0.29, 0.717) is 5.82 Å². The zero-order valence-electron chi connectivity index (χ0n) is 7.57. The lowest BCUT2D eigenvalue weighted by Crippen LogP contribution is -2.00. The highest BCUT2D eigenvalue weighted by atomic mass is 16.3. The molecule has 0 saturated heterocycles. The van der Waals surface area contributed by atoms with E-state index in [4.69, 9.17) is 5.11 Å². The summed E-state index contributed by atoms with van der Waals surface area (Å²) in [6, 6.07) is 0. The fourth-order valence-electron chi connectivity index (χ4n) is 0.780. The zero-order chi connectivity index (χ0) is 8.85. The van der Waals surface area contributed by atoms with Gasteiger partial charge in [-0.1, -0.05) is 13.8 Å². The van der Waals surface area contributed by atoms with Gasteiger partial charge in [0.15, 0.2) is 0 Å². The Hall–Kier alpha value is -0.830. The molecule has 0 amide bonds. The fourth-order valence-corrected chi connectivity index (χ4v) is 0.780. The molecule has 1 rings (SSSR count). The van der Waals surface area contributed by atoms with E-state index in [2.05, 4.69) is 4.98 Å². The second-order valence-corrected chi connectivity index (χ2v) is 2.07. The molecular weight excluding hydrogens is 140 g/mol. The average Bonchev–Trinajstić information content (AvgIpc) is 2.39. The molecule has 0 aromatic carbocycles. The Kier molecular flexibility index (Phi) is 4.54. The highest BCUT2D eigenvalue weighted by Gasteiger charge is 2.03. The zero-order valence-corrected chi connectivity index (χ0v) is 7.57. The van der Waals surface area contributed by atoms with Crippen LogP contribution in [0.3, 0.4) is 0 Å². The summed E-state index contributed by atoms with van der Waals surface area (Å²) in [6.45, 7) is 5.70. The Morgan fingerprint density at radius 2 is 2.09 bits per heavy atom. The summed E-state index contributed by atoms with van der Waals surface area (Å²) in [5.74, 6) is 0.704. The molecule has 0 fully saturated rings. The van der Waals surface area contributed by atoms with Gasteiger partial charge in [0, 0.05) is 19.4 Å². The van der Waals surface area contributed by atoms with Gasteiger partial charge in [-0.25, -0.2) is 4.98 Å². The Morgan fingerprint density at radius 1 is 1.55 bits per heavy atom. The van der Waals surface area contributed by atoms with Crippen LogP contribution in [0, 0.1) is 0 Å². The molecule has 1 aromatic heterocycles. The van der Waals surface area contributed by atoms with Crippen LogP contribution in [0.4, 0.5) is 0 Å². The number of aromatic nitrogens is 2. The second-order valence-electron chi connectivity index (χ2n) is 2.07. The first-order valence-electron chi connectivity index (χ1n) is 3.87. The van der Waals surface area contributed by atoms with Crippen molar-refractivity contribution >= 4 is 0 Å². The third kappa shape index (κ3) is 2.72. The van der Waals surface area contributed by atoms with Crippen LogP contribution >= 0.6 is 0 Å². The summed E-state index contributed by atoms with van der Waals surface area (Å²) in [4.78, 5) is 3.93. The molecule has 0 radical (unpaired) electrons. The minimum absolute atomic E-state index is 0.468. The van der Waals surface area contributed by atoms with E-state index in [-0.39, 0.29) is 0 Å². The summed E-state index contributed by atoms with van der Waals surface area (Å²) in [5, 5.41) is 9.01. The molecule has 0 saturated carbocycles. The molecule has 0 aliphatic rings. The van der Waals surface area contributed by atoms with Crippen molar-refractivity contribution in [2.75, 3.05) is 0 Å². The Bertz CT molecular complexity index is 194. The quantitative estimate of drug-likeness (QED) is 0.669. The van der Waals surface area contributed by atoms with Crippen LogP contribution < -0.4 is 0 Å². The number of nitrogens with zero attached hydrogens (tertiary/aromatic N) is 2. The number of imidazole rings is 1. The molecule has 1 unspecified atom stereocenters. The number of aryl methyl sites for hydroxylation is 1. The summed E-state index contributed by atoms with van der Waals surface area (Å²) >= 11 is 0. The number of aliphatic hydroxyl groups is 1. The van der Waals surface area contributed by atoms with Crippen molar-refractivity contribution in [1.82, 2.24) is 9.55 Å². The van der Waals surface area contributed by atoms with E-state index in [0.717, 1.165) is 0 Å². The van der Waals surface area contributed by atoms with Crippen molar-refractivity contribution in [3.05, 3.63) is 18.2 Å². The summed E-state index contributed by atoms with van der Waals surface area (Å²) in [5.41, 5.74) is 0. The van der Waals surface area contributed by atoms with Crippen LogP contribution in [-0.4, -0.2) is 14.7 Å². The Labute approximate surface area is 67.7 Å². The van der Waals surface area contributed by atoms with Gasteiger partial charge in [0.25, 0.3) is 0 Å². The molecule has 0 spiro atoms. The molecule has 0 aliphatic heterocycles. The Morgan fingerprint density at radius 3 is 2.27 bits per heavy atom. The van der Waals surface area contributed by atoms with E-state index in [1.165, 1.54) is 0 Å². The largest absolute Gasteiger partial charge is 0.385 e. The summed E-state index contributed by atoms with van der Waals surface area (Å²) < 4.78 is 1.80. The van der Waals surface area contributed by atoms with Gasteiger partial charge in [-0.05, 0) is 6.92 Å². The van der Waals surface area contributed by atoms with Crippen molar-refractivity contribution in [2.45, 2.75) is 26.9 Å². The number of aliphatic hydroxyl groups excluding tert-OH is 1. The van der Waals surface area contributed by atoms with Crippen molar-refractivity contribution in [3.63, 3.8) is 0 Å². The molecule has 3 heteroatoms. The summed E-state index contributed by atoms with van der Waals surface area (Å²) in [6.07, 6.45) is 3.01. The maximum atomic E-state index is 9.01. The molecule has 1 N–H and O–H groups in total. The van der Waals surface area contributed by atoms with Crippen molar-refractivity contribution < 1.29 is 5.11 Å². The van der Waals surface area contributed by atoms with E-state index in [9.17, 15) is 0 Å². The minimum atomic E-state index is -0.468. The smallest absolute Gasteiger partial charge is 0.137 e. The van der Waals surface area contributed by atoms with Gasteiger partial charge in [-0.15, -0.1) is 0 Å². The van der Waals surface area contributed by atoms with Gasteiger partial charge >= 0.3 is 0 Å². The normalized spacial score (nSPS) is 11.7. The van der Waals surface area contributed by atoms with Gasteiger partial charge < -0.3 is 9.67 Å². The van der Waals surface area contributed by atoms with Gasteiger partial charge in [0.05, 0.1) is 0 Å². The van der Waals surface area contributed by atoms with Crippen LogP contribution in [0.15, 0.2) is 12.4 Å². The lowest BCUT2D eigenvalue weighted by Gasteiger charge is -2.01. The monoisotopic (exact) mass is 156 g/mol. The van der Waals surface area contributed by atoms with Crippen LogP contribution in [0.2, 0.25) is 0 Å². The van der Waals surface area contributed by atoms with E-state index in [1.807, 2.05) is 27.1 Å². The number of hydrogen-bond acceptors (Lipinski definition) is 2. The lowest BCUT2D eigenvalue weighted by atomic mass is 10.4.